The number of halogens is 1. The summed E-state index contributed by atoms with van der Waals surface area (Å²) in [6, 6.07) is 9.29. The van der Waals surface area contributed by atoms with Crippen molar-refractivity contribution in [1.82, 2.24) is 20.2 Å². The lowest BCUT2D eigenvalue weighted by Gasteiger charge is -2.11. The highest BCUT2D eigenvalue weighted by Crippen LogP contribution is 2.22. The normalized spacial score (nSPS) is 10.6. The van der Waals surface area contributed by atoms with Crippen molar-refractivity contribution < 1.29 is 13.9 Å². The highest BCUT2D eigenvalue weighted by molar-refractivity contribution is 6.04. The van der Waals surface area contributed by atoms with E-state index in [9.17, 15) is 9.18 Å². The van der Waals surface area contributed by atoms with Crippen LogP contribution in [0.2, 0.25) is 0 Å². The van der Waals surface area contributed by atoms with Crippen LogP contribution in [0.1, 0.15) is 21.7 Å². The quantitative estimate of drug-likeness (QED) is 0.789. The topological polar surface area (TPSA) is 81.9 Å². The molecule has 8 heteroatoms. The fraction of sp³-hybridized carbons (Fsp3) is 0.176. The maximum Gasteiger partial charge on any atom is 0.255 e. The first-order valence-electron chi connectivity index (χ1n) is 7.50. The lowest BCUT2D eigenvalue weighted by atomic mass is 10.1. The van der Waals surface area contributed by atoms with Gasteiger partial charge in [0.05, 0.1) is 18.5 Å². The van der Waals surface area contributed by atoms with Crippen molar-refractivity contribution in [3.05, 3.63) is 59.2 Å². The molecule has 7 nitrogen and oxygen atoms in total. The molecule has 0 unspecified atom stereocenters. The first-order valence-corrected chi connectivity index (χ1v) is 7.50. The largest absolute Gasteiger partial charge is 0.496 e. The summed E-state index contributed by atoms with van der Waals surface area (Å²) in [5.41, 5.74) is 1.85. The summed E-state index contributed by atoms with van der Waals surface area (Å²) in [7, 11) is 1.53. The van der Waals surface area contributed by atoms with E-state index in [0.29, 0.717) is 22.8 Å². The molecule has 3 aromatic rings. The van der Waals surface area contributed by atoms with Gasteiger partial charge in [-0.05, 0) is 60.2 Å². The van der Waals surface area contributed by atoms with E-state index in [-0.39, 0.29) is 5.69 Å². The number of ether oxygens (including phenoxy) is 1. The number of aromatic nitrogens is 4. The molecule has 128 valence electrons. The monoisotopic (exact) mass is 341 g/mol. The average Bonchev–Trinajstić information content (AvgIpc) is 3.03. The van der Waals surface area contributed by atoms with Gasteiger partial charge in [0.1, 0.15) is 11.6 Å². The number of rotatable bonds is 4. The summed E-state index contributed by atoms with van der Waals surface area (Å²) in [6.45, 7) is 3.60. The van der Waals surface area contributed by atoms with E-state index < -0.39 is 11.7 Å². The SMILES string of the molecule is COc1cc(C(=O)Nc2cc(-n3nnnc3C)ccc2F)ccc1C. The number of hydrogen-bond donors (Lipinski definition) is 1. The Kier molecular flexibility index (Phi) is 4.42. The molecule has 0 radical (unpaired) electrons. The minimum atomic E-state index is -0.554. The van der Waals surface area contributed by atoms with Crippen LogP contribution in [-0.4, -0.2) is 33.2 Å². The van der Waals surface area contributed by atoms with Gasteiger partial charge in [0.25, 0.3) is 5.91 Å². The summed E-state index contributed by atoms with van der Waals surface area (Å²) < 4.78 is 20.8. The number of anilines is 1. The van der Waals surface area contributed by atoms with Crippen LogP contribution in [0, 0.1) is 19.7 Å². The van der Waals surface area contributed by atoms with Crippen molar-refractivity contribution in [3.8, 4) is 11.4 Å². The van der Waals surface area contributed by atoms with Crippen molar-refractivity contribution in [2.75, 3.05) is 12.4 Å². The lowest BCUT2D eigenvalue weighted by Crippen LogP contribution is -2.14. The van der Waals surface area contributed by atoms with Gasteiger partial charge in [0, 0.05) is 5.56 Å². The summed E-state index contributed by atoms with van der Waals surface area (Å²) >= 11 is 0. The van der Waals surface area contributed by atoms with E-state index in [1.807, 2.05) is 6.92 Å². The van der Waals surface area contributed by atoms with Gasteiger partial charge in [-0.15, -0.1) is 5.10 Å². The fourth-order valence-corrected chi connectivity index (χ4v) is 2.37. The highest BCUT2D eigenvalue weighted by Gasteiger charge is 2.13. The Morgan fingerprint density at radius 1 is 1.20 bits per heavy atom. The number of carbonyl (C=O) groups is 1. The van der Waals surface area contributed by atoms with E-state index in [0.717, 1.165) is 5.56 Å². The van der Waals surface area contributed by atoms with E-state index in [2.05, 4.69) is 20.8 Å². The predicted molar refractivity (Wildman–Crippen MR) is 89.5 cm³/mol. The van der Waals surface area contributed by atoms with E-state index >= 15 is 0 Å². The number of nitrogens with one attached hydrogen (secondary N) is 1. The molecule has 0 fully saturated rings. The Hall–Kier alpha value is -3.29. The Bertz CT molecular complexity index is 939. The van der Waals surface area contributed by atoms with Crippen LogP contribution < -0.4 is 10.1 Å². The third-order valence-electron chi connectivity index (χ3n) is 3.74. The number of methoxy groups -OCH3 is 1. The summed E-state index contributed by atoms with van der Waals surface area (Å²) in [6.07, 6.45) is 0. The zero-order valence-corrected chi connectivity index (χ0v) is 13.9. The van der Waals surface area contributed by atoms with Crippen molar-refractivity contribution in [2.45, 2.75) is 13.8 Å². The second kappa shape index (κ2) is 6.68. The molecule has 1 amide bonds. The molecule has 1 aromatic heterocycles. The second-order valence-electron chi connectivity index (χ2n) is 5.44. The van der Waals surface area contributed by atoms with Crippen LogP contribution in [0.15, 0.2) is 36.4 Å². The molecular formula is C17H16FN5O2. The summed E-state index contributed by atoms with van der Waals surface area (Å²) in [5.74, 6) is 0.142. The van der Waals surface area contributed by atoms with E-state index in [1.54, 1.807) is 25.1 Å². The predicted octanol–water partition coefficient (Wildman–Crippen LogP) is 2.68. The van der Waals surface area contributed by atoms with Gasteiger partial charge in [-0.3, -0.25) is 4.79 Å². The van der Waals surface area contributed by atoms with E-state index in [1.165, 1.54) is 30.0 Å². The molecule has 0 saturated carbocycles. The lowest BCUT2D eigenvalue weighted by molar-refractivity contribution is 0.102. The third-order valence-corrected chi connectivity index (χ3v) is 3.74. The van der Waals surface area contributed by atoms with Crippen molar-refractivity contribution in [1.29, 1.82) is 0 Å². The minimum Gasteiger partial charge on any atom is -0.496 e. The minimum absolute atomic E-state index is 0.0388. The number of hydrogen-bond acceptors (Lipinski definition) is 5. The van der Waals surface area contributed by atoms with Crippen LogP contribution in [-0.2, 0) is 0 Å². The smallest absolute Gasteiger partial charge is 0.255 e. The van der Waals surface area contributed by atoms with Gasteiger partial charge in [-0.25, -0.2) is 4.39 Å². The molecule has 3 rings (SSSR count). The maximum atomic E-state index is 14.1. The number of benzene rings is 2. The molecule has 0 atom stereocenters. The van der Waals surface area contributed by atoms with Crippen LogP contribution >= 0.6 is 0 Å². The Morgan fingerprint density at radius 3 is 2.68 bits per heavy atom. The summed E-state index contributed by atoms with van der Waals surface area (Å²) in [5, 5.41) is 13.7. The van der Waals surface area contributed by atoms with Gasteiger partial charge in [-0.2, -0.15) is 4.68 Å². The number of nitrogens with zero attached hydrogens (tertiary/aromatic N) is 4. The van der Waals surface area contributed by atoms with Crippen LogP contribution in [0.4, 0.5) is 10.1 Å². The molecule has 0 bridgehead atoms. The van der Waals surface area contributed by atoms with Gasteiger partial charge >= 0.3 is 0 Å². The first-order chi connectivity index (χ1) is 12.0. The average molecular weight is 341 g/mol. The van der Waals surface area contributed by atoms with Gasteiger partial charge in [-0.1, -0.05) is 6.07 Å². The van der Waals surface area contributed by atoms with E-state index in [4.69, 9.17) is 4.74 Å². The van der Waals surface area contributed by atoms with Gasteiger partial charge in [0.15, 0.2) is 5.82 Å². The molecular weight excluding hydrogens is 325 g/mol. The molecule has 0 saturated heterocycles. The first kappa shape index (κ1) is 16.6. The molecule has 25 heavy (non-hydrogen) atoms. The zero-order chi connectivity index (χ0) is 18.0. The highest BCUT2D eigenvalue weighted by atomic mass is 19.1. The summed E-state index contributed by atoms with van der Waals surface area (Å²) in [4.78, 5) is 12.4. The Labute approximate surface area is 143 Å². The maximum absolute atomic E-state index is 14.1. The Morgan fingerprint density at radius 2 is 2.00 bits per heavy atom. The van der Waals surface area contributed by atoms with Crippen molar-refractivity contribution in [2.24, 2.45) is 0 Å². The molecule has 0 spiro atoms. The molecule has 0 aliphatic heterocycles. The number of carbonyl (C=O) groups excluding carboxylic acids is 1. The molecule has 0 aliphatic rings. The second-order valence-corrected chi connectivity index (χ2v) is 5.44. The van der Waals surface area contributed by atoms with Gasteiger partial charge < -0.3 is 10.1 Å². The standard InChI is InChI=1S/C17H16FN5O2/c1-10-4-5-12(8-16(10)25-3)17(24)19-15-9-13(6-7-14(15)18)23-11(2)20-21-22-23/h4-9H,1-3H3,(H,19,24). The zero-order valence-electron chi connectivity index (χ0n) is 13.9. The van der Waals surface area contributed by atoms with Crippen molar-refractivity contribution in [3.63, 3.8) is 0 Å². The number of tetrazole rings is 1. The molecule has 1 N–H and O–H groups in total. The van der Waals surface area contributed by atoms with Crippen LogP contribution in [0.3, 0.4) is 0 Å². The number of aryl methyl sites for hydroxylation is 2. The number of amides is 1. The van der Waals surface area contributed by atoms with Crippen LogP contribution in [0.5, 0.6) is 5.75 Å². The molecule has 0 aliphatic carbocycles. The fourth-order valence-electron chi connectivity index (χ4n) is 2.37. The molecule has 1 heterocycles. The molecule has 2 aromatic carbocycles. The van der Waals surface area contributed by atoms with Gasteiger partial charge in [0.2, 0.25) is 0 Å². The Balaban J connectivity index is 1.90. The third kappa shape index (κ3) is 3.32. The van der Waals surface area contributed by atoms with Crippen molar-refractivity contribution >= 4 is 11.6 Å². The van der Waals surface area contributed by atoms with Crippen LogP contribution in [0.25, 0.3) is 5.69 Å².